The first-order chi connectivity index (χ1) is 8.58. The fourth-order valence-corrected chi connectivity index (χ4v) is 2.35. The number of benzene rings is 1. The Kier molecular flexibility index (Phi) is 4.04. The molecule has 18 heavy (non-hydrogen) atoms. The third-order valence-corrected chi connectivity index (χ3v) is 3.00. The number of carbonyl (C=O) groups is 1. The van der Waals surface area contributed by atoms with E-state index < -0.39 is 0 Å². The second kappa shape index (κ2) is 5.54. The zero-order chi connectivity index (χ0) is 13.1. The SMILES string of the molecule is COC(=O)Cc1cnn(-c2cc(Cl)cc(Br)c2)c1. The van der Waals surface area contributed by atoms with Gasteiger partial charge in [0.2, 0.25) is 0 Å². The van der Waals surface area contributed by atoms with E-state index in [1.165, 1.54) is 7.11 Å². The van der Waals surface area contributed by atoms with Gasteiger partial charge in [0.25, 0.3) is 0 Å². The van der Waals surface area contributed by atoms with Crippen LogP contribution in [0.25, 0.3) is 5.69 Å². The number of nitrogens with zero attached hydrogens (tertiary/aromatic N) is 2. The number of halogens is 2. The molecule has 0 radical (unpaired) electrons. The number of hydrogen-bond acceptors (Lipinski definition) is 3. The summed E-state index contributed by atoms with van der Waals surface area (Å²) in [4.78, 5) is 11.1. The number of ether oxygens (including phenoxy) is 1. The molecule has 0 saturated heterocycles. The van der Waals surface area contributed by atoms with Gasteiger partial charge in [-0.05, 0) is 18.2 Å². The van der Waals surface area contributed by atoms with Gasteiger partial charge < -0.3 is 4.74 Å². The van der Waals surface area contributed by atoms with E-state index in [-0.39, 0.29) is 12.4 Å². The van der Waals surface area contributed by atoms with Crippen molar-refractivity contribution < 1.29 is 9.53 Å². The molecule has 0 unspecified atom stereocenters. The highest BCUT2D eigenvalue weighted by atomic mass is 79.9. The average Bonchev–Trinajstić information content (AvgIpc) is 2.76. The predicted molar refractivity (Wildman–Crippen MR) is 72.0 cm³/mol. The van der Waals surface area contributed by atoms with E-state index in [9.17, 15) is 4.79 Å². The third-order valence-electron chi connectivity index (χ3n) is 2.32. The topological polar surface area (TPSA) is 44.1 Å². The lowest BCUT2D eigenvalue weighted by molar-refractivity contribution is -0.139. The highest BCUT2D eigenvalue weighted by Crippen LogP contribution is 2.22. The molecule has 1 heterocycles. The summed E-state index contributed by atoms with van der Waals surface area (Å²) < 4.78 is 7.13. The van der Waals surface area contributed by atoms with Crippen LogP contribution in [0.15, 0.2) is 35.1 Å². The van der Waals surface area contributed by atoms with Crippen molar-refractivity contribution in [3.05, 3.63) is 45.7 Å². The standard InChI is InChI=1S/C12H10BrClN2O2/c1-18-12(17)2-8-6-15-16(7-8)11-4-9(13)3-10(14)5-11/h3-7H,2H2,1H3. The molecular formula is C12H10BrClN2O2. The highest BCUT2D eigenvalue weighted by Gasteiger charge is 2.07. The van der Waals surface area contributed by atoms with Gasteiger partial charge >= 0.3 is 5.97 Å². The Labute approximate surface area is 118 Å². The number of carbonyl (C=O) groups excluding carboxylic acids is 1. The summed E-state index contributed by atoms with van der Waals surface area (Å²) in [7, 11) is 1.36. The highest BCUT2D eigenvalue weighted by molar-refractivity contribution is 9.10. The maximum atomic E-state index is 11.1. The van der Waals surface area contributed by atoms with Crippen molar-refractivity contribution in [2.45, 2.75) is 6.42 Å². The van der Waals surface area contributed by atoms with Crippen LogP contribution in [0.2, 0.25) is 5.02 Å². The van der Waals surface area contributed by atoms with Crippen LogP contribution in [-0.2, 0) is 16.0 Å². The lowest BCUT2D eigenvalue weighted by atomic mass is 10.2. The van der Waals surface area contributed by atoms with Crippen LogP contribution in [0.5, 0.6) is 0 Å². The third kappa shape index (κ3) is 3.11. The number of esters is 1. The zero-order valence-electron chi connectivity index (χ0n) is 9.56. The Bertz CT molecular complexity index is 563. The first-order valence-corrected chi connectivity index (χ1v) is 6.32. The minimum Gasteiger partial charge on any atom is -0.469 e. The minimum absolute atomic E-state index is 0.207. The number of aromatic nitrogens is 2. The van der Waals surface area contributed by atoms with Gasteiger partial charge in [-0.25, -0.2) is 4.68 Å². The summed E-state index contributed by atoms with van der Waals surface area (Å²) in [5.74, 6) is -0.290. The second-order valence-corrected chi connectivity index (χ2v) is 5.03. The molecule has 1 aromatic heterocycles. The van der Waals surface area contributed by atoms with Crippen LogP contribution in [0.3, 0.4) is 0 Å². The molecule has 1 aromatic carbocycles. The van der Waals surface area contributed by atoms with Crippen molar-refractivity contribution in [1.82, 2.24) is 9.78 Å². The Balaban J connectivity index is 2.26. The van der Waals surface area contributed by atoms with Gasteiger partial charge in [0.05, 0.1) is 25.4 Å². The molecule has 94 valence electrons. The van der Waals surface area contributed by atoms with E-state index in [0.717, 1.165) is 15.7 Å². The van der Waals surface area contributed by atoms with E-state index in [4.69, 9.17) is 11.6 Å². The smallest absolute Gasteiger partial charge is 0.310 e. The maximum absolute atomic E-state index is 11.1. The molecule has 4 nitrogen and oxygen atoms in total. The molecule has 0 spiro atoms. The summed E-state index contributed by atoms with van der Waals surface area (Å²) >= 11 is 9.34. The Morgan fingerprint density at radius 2 is 2.28 bits per heavy atom. The fraction of sp³-hybridized carbons (Fsp3) is 0.167. The number of rotatable bonds is 3. The molecule has 0 aliphatic rings. The van der Waals surface area contributed by atoms with Gasteiger partial charge in [0, 0.05) is 21.3 Å². The first kappa shape index (κ1) is 13.1. The molecule has 2 aromatic rings. The van der Waals surface area contributed by atoms with Gasteiger partial charge in [-0.1, -0.05) is 27.5 Å². The van der Waals surface area contributed by atoms with Gasteiger partial charge in [-0.3, -0.25) is 4.79 Å². The van der Waals surface area contributed by atoms with Crippen molar-refractivity contribution >= 4 is 33.5 Å². The van der Waals surface area contributed by atoms with Gasteiger partial charge in [-0.15, -0.1) is 0 Å². The van der Waals surface area contributed by atoms with Crippen LogP contribution >= 0.6 is 27.5 Å². The predicted octanol–water partition coefficient (Wildman–Crippen LogP) is 3.00. The molecule has 0 bridgehead atoms. The molecule has 0 fully saturated rings. The molecule has 0 saturated carbocycles. The van der Waals surface area contributed by atoms with E-state index >= 15 is 0 Å². The summed E-state index contributed by atoms with van der Waals surface area (Å²) in [5, 5.41) is 4.80. The molecule has 6 heteroatoms. The quantitative estimate of drug-likeness (QED) is 0.813. The van der Waals surface area contributed by atoms with Crippen LogP contribution in [0.4, 0.5) is 0 Å². The van der Waals surface area contributed by atoms with Gasteiger partial charge in [-0.2, -0.15) is 5.10 Å². The van der Waals surface area contributed by atoms with Crippen molar-refractivity contribution in [3.63, 3.8) is 0 Å². The number of hydrogen-bond donors (Lipinski definition) is 0. The summed E-state index contributed by atoms with van der Waals surface area (Å²) in [6, 6.07) is 5.48. The molecule has 0 amide bonds. The molecule has 0 aliphatic heterocycles. The zero-order valence-corrected chi connectivity index (χ0v) is 11.9. The maximum Gasteiger partial charge on any atom is 0.310 e. The van der Waals surface area contributed by atoms with Crippen LogP contribution in [0.1, 0.15) is 5.56 Å². The van der Waals surface area contributed by atoms with Crippen molar-refractivity contribution in [1.29, 1.82) is 0 Å². The molecule has 0 atom stereocenters. The fourth-order valence-electron chi connectivity index (χ4n) is 1.50. The van der Waals surface area contributed by atoms with Crippen molar-refractivity contribution in [3.8, 4) is 5.69 Å². The summed E-state index contributed by atoms with van der Waals surface area (Å²) in [5.41, 5.74) is 1.61. The normalized spacial score (nSPS) is 10.4. The monoisotopic (exact) mass is 328 g/mol. The first-order valence-electron chi connectivity index (χ1n) is 5.15. The van der Waals surface area contributed by atoms with E-state index in [2.05, 4.69) is 25.8 Å². The van der Waals surface area contributed by atoms with Crippen molar-refractivity contribution in [2.24, 2.45) is 0 Å². The van der Waals surface area contributed by atoms with Crippen LogP contribution in [0, 0.1) is 0 Å². The molecular weight excluding hydrogens is 320 g/mol. The van der Waals surface area contributed by atoms with Gasteiger partial charge in [0.15, 0.2) is 0 Å². The van der Waals surface area contributed by atoms with Crippen molar-refractivity contribution in [2.75, 3.05) is 7.11 Å². The van der Waals surface area contributed by atoms with E-state index in [1.54, 1.807) is 29.2 Å². The van der Waals surface area contributed by atoms with Crippen LogP contribution < -0.4 is 0 Å². The number of methoxy groups -OCH3 is 1. The average molecular weight is 330 g/mol. The van der Waals surface area contributed by atoms with Crippen LogP contribution in [-0.4, -0.2) is 22.9 Å². The van der Waals surface area contributed by atoms with Gasteiger partial charge in [0.1, 0.15) is 0 Å². The second-order valence-electron chi connectivity index (χ2n) is 3.67. The van der Waals surface area contributed by atoms with E-state index in [1.807, 2.05) is 6.07 Å². The summed E-state index contributed by atoms with van der Waals surface area (Å²) in [6.45, 7) is 0. The summed E-state index contributed by atoms with van der Waals surface area (Å²) in [6.07, 6.45) is 3.61. The Hall–Kier alpha value is -1.33. The molecule has 0 N–H and O–H groups in total. The Morgan fingerprint density at radius 1 is 1.50 bits per heavy atom. The lowest BCUT2D eigenvalue weighted by Gasteiger charge is -2.02. The minimum atomic E-state index is -0.290. The Morgan fingerprint density at radius 3 is 2.94 bits per heavy atom. The molecule has 2 rings (SSSR count). The molecule has 0 aliphatic carbocycles. The largest absolute Gasteiger partial charge is 0.469 e. The van der Waals surface area contributed by atoms with E-state index in [0.29, 0.717) is 5.02 Å². The lowest BCUT2D eigenvalue weighted by Crippen LogP contribution is -2.03.